The predicted molar refractivity (Wildman–Crippen MR) is 106 cm³/mol. The number of fused-ring (bicyclic) bond motifs is 1. The molecule has 0 spiro atoms. The zero-order chi connectivity index (χ0) is 18.3. The Balaban J connectivity index is 1.42. The van der Waals surface area contributed by atoms with E-state index in [2.05, 4.69) is 22.8 Å². The van der Waals surface area contributed by atoms with Gasteiger partial charge < -0.3 is 10.1 Å². The van der Waals surface area contributed by atoms with Crippen LogP contribution in [0.5, 0.6) is 5.75 Å². The Bertz CT molecular complexity index is 847. The fraction of sp³-hybridized carbons (Fsp3) is 0.435. The van der Waals surface area contributed by atoms with E-state index in [9.17, 15) is 4.79 Å². The Morgan fingerprint density at radius 2 is 2.00 bits per heavy atom. The lowest BCUT2D eigenvalue weighted by atomic mass is 9.53. The standard InChI is InChI=1S/C23H26N2O2/c26-22(25-17-6-2-1-3-7-17)27-18-10-9-16-14-21-19-8-4-5-11-23(19,12-13-24-21)20(16)15-18/h1-3,6-7,9-10,15,19,21,24H,4-5,8,11-14H2,(H,25,26)/t19-,21+,23+/m0/s1. The molecule has 2 fully saturated rings. The van der Waals surface area contributed by atoms with E-state index in [1.165, 1.54) is 43.2 Å². The van der Waals surface area contributed by atoms with Crippen LogP contribution in [0.25, 0.3) is 0 Å². The van der Waals surface area contributed by atoms with Gasteiger partial charge in [0.25, 0.3) is 0 Å². The van der Waals surface area contributed by atoms with Gasteiger partial charge in [-0.15, -0.1) is 0 Å². The van der Waals surface area contributed by atoms with Crippen molar-refractivity contribution in [3.8, 4) is 5.75 Å². The first kappa shape index (κ1) is 16.8. The highest BCUT2D eigenvalue weighted by Crippen LogP contribution is 2.54. The highest BCUT2D eigenvalue weighted by molar-refractivity contribution is 5.86. The van der Waals surface area contributed by atoms with Crippen molar-refractivity contribution < 1.29 is 9.53 Å². The van der Waals surface area contributed by atoms with Crippen LogP contribution in [0.2, 0.25) is 0 Å². The molecule has 2 bridgehead atoms. The number of nitrogens with one attached hydrogen (secondary N) is 2. The van der Waals surface area contributed by atoms with Gasteiger partial charge in [0, 0.05) is 17.1 Å². The molecule has 0 unspecified atom stereocenters. The van der Waals surface area contributed by atoms with Gasteiger partial charge >= 0.3 is 6.09 Å². The second-order valence-electron chi connectivity index (χ2n) is 8.22. The van der Waals surface area contributed by atoms with Crippen molar-refractivity contribution in [3.05, 3.63) is 59.7 Å². The topological polar surface area (TPSA) is 50.4 Å². The largest absolute Gasteiger partial charge is 0.417 e. The van der Waals surface area contributed by atoms with Crippen LogP contribution in [0.15, 0.2) is 48.5 Å². The van der Waals surface area contributed by atoms with Gasteiger partial charge in [-0.1, -0.05) is 37.1 Å². The van der Waals surface area contributed by atoms with E-state index in [4.69, 9.17) is 4.74 Å². The average Bonchev–Trinajstić information content (AvgIpc) is 2.69. The minimum absolute atomic E-state index is 0.275. The number of benzene rings is 2. The first-order valence-corrected chi connectivity index (χ1v) is 10.2. The molecule has 0 radical (unpaired) electrons. The average molecular weight is 362 g/mol. The van der Waals surface area contributed by atoms with E-state index < -0.39 is 6.09 Å². The summed E-state index contributed by atoms with van der Waals surface area (Å²) in [6.45, 7) is 1.10. The molecule has 0 aromatic heterocycles. The van der Waals surface area contributed by atoms with E-state index in [1.807, 2.05) is 36.4 Å². The summed E-state index contributed by atoms with van der Waals surface area (Å²) in [6.07, 6.45) is 7.09. The van der Waals surface area contributed by atoms with Crippen molar-refractivity contribution in [2.24, 2.45) is 5.92 Å². The molecule has 1 amide bonds. The Hall–Kier alpha value is -2.33. The summed E-state index contributed by atoms with van der Waals surface area (Å²) in [5, 5.41) is 6.56. The minimum Gasteiger partial charge on any atom is -0.410 e. The summed E-state index contributed by atoms with van der Waals surface area (Å²) in [6, 6.07) is 16.3. The number of para-hydroxylation sites is 1. The van der Waals surface area contributed by atoms with Crippen LogP contribution in [0.4, 0.5) is 10.5 Å². The first-order valence-electron chi connectivity index (χ1n) is 10.2. The Morgan fingerprint density at radius 3 is 2.89 bits per heavy atom. The summed E-state index contributed by atoms with van der Waals surface area (Å²) >= 11 is 0. The fourth-order valence-corrected chi connectivity index (χ4v) is 5.74. The third kappa shape index (κ3) is 2.92. The van der Waals surface area contributed by atoms with Crippen LogP contribution in [0.1, 0.15) is 43.2 Å². The van der Waals surface area contributed by atoms with Gasteiger partial charge in [-0.2, -0.15) is 0 Å². The summed E-state index contributed by atoms with van der Waals surface area (Å²) in [5.41, 5.74) is 3.89. The van der Waals surface area contributed by atoms with Crippen LogP contribution in [-0.4, -0.2) is 18.7 Å². The van der Waals surface area contributed by atoms with Gasteiger partial charge in [-0.3, -0.25) is 5.32 Å². The molecule has 2 N–H and O–H groups in total. The lowest BCUT2D eigenvalue weighted by molar-refractivity contribution is 0.0795. The van der Waals surface area contributed by atoms with Crippen LogP contribution >= 0.6 is 0 Å². The lowest BCUT2D eigenvalue weighted by Gasteiger charge is -2.56. The molecule has 27 heavy (non-hydrogen) atoms. The Kier molecular flexibility index (Phi) is 4.16. The van der Waals surface area contributed by atoms with Crippen LogP contribution < -0.4 is 15.4 Å². The first-order chi connectivity index (χ1) is 13.2. The van der Waals surface area contributed by atoms with Crippen LogP contribution in [0, 0.1) is 5.92 Å². The molecule has 1 saturated carbocycles. The smallest absolute Gasteiger partial charge is 0.410 e. The van der Waals surface area contributed by atoms with Gasteiger partial charge in [-0.25, -0.2) is 4.79 Å². The molecule has 2 aromatic carbocycles. The molecular weight excluding hydrogens is 336 g/mol. The van der Waals surface area contributed by atoms with E-state index in [-0.39, 0.29) is 5.41 Å². The second-order valence-corrected chi connectivity index (χ2v) is 8.22. The minimum atomic E-state index is -0.433. The number of carbonyl (C=O) groups is 1. The van der Waals surface area contributed by atoms with Gasteiger partial charge in [0.2, 0.25) is 0 Å². The Labute approximate surface area is 160 Å². The monoisotopic (exact) mass is 362 g/mol. The molecular formula is C23H26N2O2. The number of hydrogen-bond donors (Lipinski definition) is 2. The number of carbonyl (C=O) groups excluding carboxylic acids is 1. The quantitative estimate of drug-likeness (QED) is 0.818. The molecule has 4 nitrogen and oxygen atoms in total. The van der Waals surface area contributed by atoms with E-state index >= 15 is 0 Å². The molecule has 140 valence electrons. The molecule has 1 aliphatic heterocycles. The van der Waals surface area contributed by atoms with Crippen molar-refractivity contribution >= 4 is 11.8 Å². The maximum Gasteiger partial charge on any atom is 0.417 e. The van der Waals surface area contributed by atoms with Crippen molar-refractivity contribution in [1.29, 1.82) is 0 Å². The van der Waals surface area contributed by atoms with Gasteiger partial charge in [0.05, 0.1) is 0 Å². The number of ether oxygens (including phenoxy) is 1. The zero-order valence-electron chi connectivity index (χ0n) is 15.5. The van der Waals surface area contributed by atoms with Crippen molar-refractivity contribution in [2.75, 3.05) is 11.9 Å². The highest BCUT2D eigenvalue weighted by Gasteiger charge is 2.51. The Morgan fingerprint density at radius 1 is 1.11 bits per heavy atom. The normalized spacial score (nSPS) is 28.6. The fourth-order valence-electron chi connectivity index (χ4n) is 5.74. The number of hydrogen-bond acceptors (Lipinski definition) is 3. The van der Waals surface area contributed by atoms with Crippen LogP contribution in [0.3, 0.4) is 0 Å². The molecule has 3 aliphatic rings. The molecule has 4 heteroatoms. The second kappa shape index (κ2) is 6.68. The SMILES string of the molecule is O=C(Nc1ccccc1)Oc1ccc2c(c1)[C@@]13CCCC[C@H]1[C@@H](C2)NCC3. The third-order valence-corrected chi connectivity index (χ3v) is 6.85. The van der Waals surface area contributed by atoms with Crippen LogP contribution in [-0.2, 0) is 11.8 Å². The van der Waals surface area contributed by atoms with E-state index in [0.717, 1.165) is 24.6 Å². The highest BCUT2D eigenvalue weighted by atomic mass is 16.6. The number of piperidine rings is 1. The van der Waals surface area contributed by atoms with Crippen molar-refractivity contribution in [2.45, 2.75) is 50.0 Å². The molecule has 3 atom stereocenters. The van der Waals surface area contributed by atoms with E-state index in [1.54, 1.807) is 0 Å². The molecule has 1 saturated heterocycles. The molecule has 2 aliphatic carbocycles. The maximum absolute atomic E-state index is 12.3. The van der Waals surface area contributed by atoms with Gasteiger partial charge in [-0.05, 0) is 73.5 Å². The van der Waals surface area contributed by atoms with Crippen molar-refractivity contribution in [3.63, 3.8) is 0 Å². The number of rotatable bonds is 2. The zero-order valence-corrected chi connectivity index (χ0v) is 15.5. The predicted octanol–water partition coefficient (Wildman–Crippen LogP) is 4.64. The molecule has 1 heterocycles. The number of amides is 1. The summed E-state index contributed by atoms with van der Waals surface area (Å²) < 4.78 is 5.63. The van der Waals surface area contributed by atoms with Gasteiger partial charge in [0.15, 0.2) is 0 Å². The molecule has 2 aromatic rings. The lowest BCUT2D eigenvalue weighted by Crippen LogP contribution is -2.59. The third-order valence-electron chi connectivity index (χ3n) is 6.85. The number of anilines is 1. The van der Waals surface area contributed by atoms with Crippen molar-refractivity contribution in [1.82, 2.24) is 5.32 Å². The van der Waals surface area contributed by atoms with E-state index in [0.29, 0.717) is 11.8 Å². The summed E-state index contributed by atoms with van der Waals surface area (Å²) in [4.78, 5) is 12.3. The maximum atomic E-state index is 12.3. The van der Waals surface area contributed by atoms with Gasteiger partial charge in [0.1, 0.15) is 5.75 Å². The summed E-state index contributed by atoms with van der Waals surface area (Å²) in [7, 11) is 0. The summed E-state index contributed by atoms with van der Waals surface area (Å²) in [5.74, 6) is 1.37. The molecule has 5 rings (SSSR count).